The monoisotopic (exact) mass is 484 g/mol. The van der Waals surface area contributed by atoms with Crippen LogP contribution in [0.1, 0.15) is 17.3 Å². The van der Waals surface area contributed by atoms with Gasteiger partial charge in [-0.1, -0.05) is 42.5 Å². The molecule has 1 heterocycles. The van der Waals surface area contributed by atoms with Gasteiger partial charge in [0.15, 0.2) is 5.82 Å². The number of nitrogens with zero attached hydrogens (tertiary/aromatic N) is 2. The van der Waals surface area contributed by atoms with Gasteiger partial charge in [0.25, 0.3) is 5.91 Å². The van der Waals surface area contributed by atoms with Crippen molar-refractivity contribution in [2.75, 3.05) is 36.8 Å². The second kappa shape index (κ2) is 11.7. The Morgan fingerprint density at radius 3 is 2.08 bits per heavy atom. The van der Waals surface area contributed by atoms with E-state index in [-0.39, 0.29) is 17.6 Å². The standard InChI is InChI=1S/C27H28N6O3/c1-18(34)28-11-12-29-24-17-25(33-26(32-24)19-5-3-2-4-6-19)30-13-14-31-27(36)22-8-7-21-16-23(35)10-9-20(21)15-22/h2-10,15-17,35H,11-14H2,1H3,(H,28,34)(H,31,36)(H2,29,30,32,33). The highest BCUT2D eigenvalue weighted by Gasteiger charge is 2.09. The number of amides is 2. The fourth-order valence-electron chi connectivity index (χ4n) is 3.62. The number of hydrogen-bond acceptors (Lipinski definition) is 7. The molecule has 0 aliphatic carbocycles. The van der Waals surface area contributed by atoms with Crippen molar-refractivity contribution < 1.29 is 14.7 Å². The first-order valence-electron chi connectivity index (χ1n) is 11.7. The number of carbonyl (C=O) groups is 2. The predicted molar refractivity (Wildman–Crippen MR) is 141 cm³/mol. The number of nitrogens with one attached hydrogen (secondary N) is 4. The van der Waals surface area contributed by atoms with Crippen LogP contribution < -0.4 is 21.3 Å². The smallest absolute Gasteiger partial charge is 0.251 e. The Kier molecular flexibility index (Phi) is 7.92. The van der Waals surface area contributed by atoms with Crippen LogP contribution in [-0.4, -0.2) is 53.1 Å². The quantitative estimate of drug-likeness (QED) is 0.218. The molecule has 184 valence electrons. The van der Waals surface area contributed by atoms with Crippen LogP contribution in [0, 0.1) is 0 Å². The van der Waals surface area contributed by atoms with E-state index in [4.69, 9.17) is 0 Å². The molecule has 9 nitrogen and oxygen atoms in total. The number of benzene rings is 3. The molecule has 0 unspecified atom stereocenters. The Labute approximate surface area is 209 Å². The van der Waals surface area contributed by atoms with Crippen molar-refractivity contribution in [3.63, 3.8) is 0 Å². The SMILES string of the molecule is CC(=O)NCCNc1cc(NCCNC(=O)c2ccc3cc(O)ccc3c2)nc(-c2ccccc2)n1. The van der Waals surface area contributed by atoms with Crippen LogP contribution in [0.3, 0.4) is 0 Å². The lowest BCUT2D eigenvalue weighted by Crippen LogP contribution is -2.29. The molecule has 0 spiro atoms. The number of hydrogen-bond donors (Lipinski definition) is 5. The first-order chi connectivity index (χ1) is 17.5. The zero-order chi connectivity index (χ0) is 25.3. The van der Waals surface area contributed by atoms with Gasteiger partial charge in [-0.25, -0.2) is 9.97 Å². The van der Waals surface area contributed by atoms with Crippen LogP contribution >= 0.6 is 0 Å². The largest absolute Gasteiger partial charge is 0.508 e. The van der Waals surface area contributed by atoms with E-state index in [1.54, 1.807) is 36.4 Å². The van der Waals surface area contributed by atoms with E-state index in [9.17, 15) is 14.7 Å². The molecule has 0 bridgehead atoms. The van der Waals surface area contributed by atoms with Gasteiger partial charge in [-0.3, -0.25) is 9.59 Å². The number of anilines is 2. The first-order valence-corrected chi connectivity index (χ1v) is 11.7. The summed E-state index contributed by atoms with van der Waals surface area (Å²) in [5, 5.41) is 23.5. The van der Waals surface area contributed by atoms with Gasteiger partial charge in [0.2, 0.25) is 5.91 Å². The molecule has 3 aromatic carbocycles. The molecule has 0 saturated carbocycles. The number of phenols is 1. The Balaban J connectivity index is 1.37. The van der Waals surface area contributed by atoms with Gasteiger partial charge in [-0.2, -0.15) is 0 Å². The van der Waals surface area contributed by atoms with Gasteiger partial charge in [-0.15, -0.1) is 0 Å². The first kappa shape index (κ1) is 24.5. The van der Waals surface area contributed by atoms with E-state index >= 15 is 0 Å². The number of fused-ring (bicyclic) bond motifs is 1. The molecule has 0 fully saturated rings. The maximum atomic E-state index is 12.6. The van der Waals surface area contributed by atoms with Crippen molar-refractivity contribution in [1.82, 2.24) is 20.6 Å². The molecule has 0 aliphatic heterocycles. The fraction of sp³-hybridized carbons (Fsp3) is 0.185. The molecule has 4 aromatic rings. The van der Waals surface area contributed by atoms with Crippen molar-refractivity contribution in [3.05, 3.63) is 78.4 Å². The second-order valence-electron chi connectivity index (χ2n) is 8.17. The second-order valence-corrected chi connectivity index (χ2v) is 8.17. The van der Waals surface area contributed by atoms with Crippen molar-refractivity contribution >= 4 is 34.2 Å². The van der Waals surface area contributed by atoms with Crippen molar-refractivity contribution in [3.8, 4) is 17.1 Å². The van der Waals surface area contributed by atoms with E-state index < -0.39 is 0 Å². The zero-order valence-electron chi connectivity index (χ0n) is 19.9. The van der Waals surface area contributed by atoms with Gasteiger partial charge < -0.3 is 26.4 Å². The molecule has 0 radical (unpaired) electrons. The van der Waals surface area contributed by atoms with Crippen LogP contribution in [0.15, 0.2) is 72.8 Å². The van der Waals surface area contributed by atoms with Gasteiger partial charge in [0.05, 0.1) is 0 Å². The highest BCUT2D eigenvalue weighted by molar-refractivity contribution is 5.98. The number of aromatic nitrogens is 2. The number of phenolic OH excluding ortho intramolecular Hbond substituents is 1. The predicted octanol–water partition coefficient (Wildman–Crippen LogP) is 3.39. The summed E-state index contributed by atoms with van der Waals surface area (Å²) in [6.07, 6.45) is 0. The van der Waals surface area contributed by atoms with Crippen LogP contribution in [0.2, 0.25) is 0 Å². The summed E-state index contributed by atoms with van der Waals surface area (Å²) in [5.41, 5.74) is 1.43. The molecule has 2 amide bonds. The Morgan fingerprint density at radius 2 is 1.39 bits per heavy atom. The van der Waals surface area contributed by atoms with E-state index in [1.807, 2.05) is 36.4 Å². The van der Waals surface area contributed by atoms with Crippen molar-refractivity contribution in [2.24, 2.45) is 0 Å². The summed E-state index contributed by atoms with van der Waals surface area (Å²) in [4.78, 5) is 32.9. The summed E-state index contributed by atoms with van der Waals surface area (Å²) in [5.74, 6) is 1.73. The fourth-order valence-corrected chi connectivity index (χ4v) is 3.62. The van der Waals surface area contributed by atoms with Crippen molar-refractivity contribution in [2.45, 2.75) is 6.92 Å². The molecular weight excluding hydrogens is 456 g/mol. The number of aromatic hydroxyl groups is 1. The van der Waals surface area contributed by atoms with E-state index in [1.165, 1.54) is 6.92 Å². The summed E-state index contributed by atoms with van der Waals surface area (Å²) in [6, 6.07) is 21.8. The normalized spacial score (nSPS) is 10.6. The number of carbonyl (C=O) groups excluding carboxylic acids is 2. The lowest BCUT2D eigenvalue weighted by Gasteiger charge is -2.12. The molecule has 5 N–H and O–H groups in total. The van der Waals surface area contributed by atoms with Crippen LogP contribution in [0.4, 0.5) is 11.6 Å². The third-order valence-electron chi connectivity index (χ3n) is 5.37. The lowest BCUT2D eigenvalue weighted by molar-refractivity contribution is -0.118. The topological polar surface area (TPSA) is 128 Å². The summed E-state index contributed by atoms with van der Waals surface area (Å²) < 4.78 is 0. The van der Waals surface area contributed by atoms with Crippen LogP contribution in [-0.2, 0) is 4.79 Å². The van der Waals surface area contributed by atoms with E-state index in [0.29, 0.717) is 49.2 Å². The maximum Gasteiger partial charge on any atom is 0.251 e. The van der Waals surface area contributed by atoms with E-state index in [2.05, 4.69) is 31.2 Å². The Morgan fingerprint density at radius 1 is 0.750 bits per heavy atom. The minimum absolute atomic E-state index is 0.0862. The summed E-state index contributed by atoms with van der Waals surface area (Å²) in [7, 11) is 0. The Hall–Kier alpha value is -4.66. The Bertz CT molecular complexity index is 1360. The van der Waals surface area contributed by atoms with Gasteiger partial charge in [0.1, 0.15) is 17.4 Å². The average Bonchev–Trinajstić information content (AvgIpc) is 2.89. The highest BCUT2D eigenvalue weighted by Crippen LogP contribution is 2.22. The molecule has 9 heteroatoms. The lowest BCUT2D eigenvalue weighted by atomic mass is 10.1. The summed E-state index contributed by atoms with van der Waals surface area (Å²) in [6.45, 7) is 3.33. The highest BCUT2D eigenvalue weighted by atomic mass is 16.3. The van der Waals surface area contributed by atoms with E-state index in [0.717, 1.165) is 16.3 Å². The molecular formula is C27H28N6O3. The average molecular weight is 485 g/mol. The van der Waals surface area contributed by atoms with Gasteiger partial charge in [-0.05, 0) is 35.0 Å². The molecule has 1 aromatic heterocycles. The maximum absolute atomic E-state index is 12.6. The summed E-state index contributed by atoms with van der Waals surface area (Å²) >= 11 is 0. The zero-order valence-corrected chi connectivity index (χ0v) is 19.9. The molecule has 0 saturated heterocycles. The molecule has 4 rings (SSSR count). The third-order valence-corrected chi connectivity index (χ3v) is 5.37. The molecule has 0 atom stereocenters. The minimum atomic E-state index is -0.181. The molecule has 0 aliphatic rings. The van der Waals surface area contributed by atoms with Gasteiger partial charge >= 0.3 is 0 Å². The number of rotatable bonds is 10. The van der Waals surface area contributed by atoms with Gasteiger partial charge in [0, 0.05) is 50.3 Å². The van der Waals surface area contributed by atoms with Crippen LogP contribution in [0.5, 0.6) is 5.75 Å². The minimum Gasteiger partial charge on any atom is -0.508 e. The third kappa shape index (κ3) is 6.69. The molecule has 36 heavy (non-hydrogen) atoms. The van der Waals surface area contributed by atoms with Crippen molar-refractivity contribution in [1.29, 1.82) is 0 Å². The van der Waals surface area contributed by atoms with Crippen LogP contribution in [0.25, 0.3) is 22.2 Å².